The van der Waals surface area contributed by atoms with Gasteiger partial charge in [-0.2, -0.15) is 5.26 Å². The molecule has 0 spiro atoms. The monoisotopic (exact) mass is 254 g/mol. The summed E-state index contributed by atoms with van der Waals surface area (Å²) in [7, 11) is 0. The van der Waals surface area contributed by atoms with E-state index in [2.05, 4.69) is 10.3 Å². The quantitative estimate of drug-likeness (QED) is 0.668. The van der Waals surface area contributed by atoms with Crippen molar-refractivity contribution in [3.63, 3.8) is 0 Å². The minimum Gasteiger partial charge on any atom is -0.379 e. The first-order valence-electron chi connectivity index (χ1n) is 5.53. The Kier molecular flexibility index (Phi) is 3.69. The highest BCUT2D eigenvalue weighted by atomic mass is 16.6. The molecule has 0 saturated heterocycles. The predicted molar refractivity (Wildman–Crippen MR) is 69.4 cm³/mol. The first kappa shape index (κ1) is 12.5. The normalized spacial score (nSPS) is 9.63. The summed E-state index contributed by atoms with van der Waals surface area (Å²) < 4.78 is 0. The van der Waals surface area contributed by atoms with Crippen molar-refractivity contribution >= 4 is 11.4 Å². The Bertz CT molecular complexity index is 649. The number of rotatable bonds is 4. The van der Waals surface area contributed by atoms with Crippen LogP contribution >= 0.6 is 0 Å². The van der Waals surface area contributed by atoms with Crippen LogP contribution in [0.15, 0.2) is 42.6 Å². The van der Waals surface area contributed by atoms with E-state index in [0.717, 1.165) is 5.56 Å². The molecule has 0 aliphatic rings. The molecule has 1 N–H and O–H groups in total. The predicted octanol–water partition coefficient (Wildman–Crippen LogP) is 2.47. The van der Waals surface area contributed by atoms with Gasteiger partial charge in [0.1, 0.15) is 6.07 Å². The molecule has 94 valence electrons. The molecule has 0 amide bonds. The first-order valence-corrected chi connectivity index (χ1v) is 5.53. The number of nitro groups is 1. The number of benzene rings is 1. The van der Waals surface area contributed by atoms with Crippen LogP contribution in [-0.4, -0.2) is 9.91 Å². The van der Waals surface area contributed by atoms with E-state index in [1.165, 1.54) is 18.3 Å². The molecule has 6 nitrogen and oxygen atoms in total. The van der Waals surface area contributed by atoms with Crippen molar-refractivity contribution in [3.05, 3.63) is 64.0 Å². The van der Waals surface area contributed by atoms with Crippen LogP contribution in [0.1, 0.15) is 11.3 Å². The molecule has 19 heavy (non-hydrogen) atoms. The number of nitriles is 1. The minimum atomic E-state index is -0.436. The van der Waals surface area contributed by atoms with E-state index in [4.69, 9.17) is 5.26 Å². The van der Waals surface area contributed by atoms with Gasteiger partial charge in [0, 0.05) is 24.9 Å². The van der Waals surface area contributed by atoms with Crippen LogP contribution in [0.2, 0.25) is 0 Å². The van der Waals surface area contributed by atoms with Crippen LogP contribution in [0.5, 0.6) is 0 Å². The largest absolute Gasteiger partial charge is 0.379 e. The van der Waals surface area contributed by atoms with Gasteiger partial charge in [-0.25, -0.2) is 4.98 Å². The molecule has 1 heterocycles. The van der Waals surface area contributed by atoms with Gasteiger partial charge in [0.2, 0.25) is 0 Å². The molecule has 6 heteroatoms. The number of hydrogen-bond acceptors (Lipinski definition) is 5. The van der Waals surface area contributed by atoms with Gasteiger partial charge in [-0.15, -0.1) is 0 Å². The van der Waals surface area contributed by atoms with E-state index in [0.29, 0.717) is 17.9 Å². The third-order valence-electron chi connectivity index (χ3n) is 2.52. The van der Waals surface area contributed by atoms with Crippen LogP contribution < -0.4 is 5.32 Å². The fourth-order valence-electron chi connectivity index (χ4n) is 1.61. The van der Waals surface area contributed by atoms with E-state index >= 15 is 0 Å². The maximum Gasteiger partial charge on any atom is 0.269 e. The highest BCUT2D eigenvalue weighted by Crippen LogP contribution is 2.16. The number of pyridine rings is 1. The van der Waals surface area contributed by atoms with Crippen LogP contribution in [-0.2, 0) is 6.54 Å². The summed E-state index contributed by atoms with van der Waals surface area (Å²) in [6.45, 7) is 0.391. The first-order chi connectivity index (χ1) is 9.20. The summed E-state index contributed by atoms with van der Waals surface area (Å²) in [5.74, 6) is 0. The molecule has 1 aromatic carbocycles. The highest BCUT2D eigenvalue weighted by molar-refractivity contribution is 5.53. The number of non-ortho nitro benzene ring substituents is 1. The topological polar surface area (TPSA) is 91.8 Å². The van der Waals surface area contributed by atoms with Gasteiger partial charge in [-0.05, 0) is 17.7 Å². The van der Waals surface area contributed by atoms with Crippen molar-refractivity contribution in [3.8, 4) is 6.07 Å². The molecule has 0 unspecified atom stereocenters. The molecular formula is C13H10N4O2. The van der Waals surface area contributed by atoms with Gasteiger partial charge in [0.15, 0.2) is 5.69 Å². The molecule has 2 rings (SSSR count). The lowest BCUT2D eigenvalue weighted by Crippen LogP contribution is -2.02. The summed E-state index contributed by atoms with van der Waals surface area (Å²) in [5, 5.41) is 22.6. The van der Waals surface area contributed by atoms with Gasteiger partial charge >= 0.3 is 0 Å². The summed E-state index contributed by atoms with van der Waals surface area (Å²) >= 11 is 0. The average Bonchev–Trinajstić information content (AvgIpc) is 2.45. The number of anilines is 1. The summed E-state index contributed by atoms with van der Waals surface area (Å²) in [6, 6.07) is 11.8. The molecule has 1 aromatic heterocycles. The maximum atomic E-state index is 10.7. The zero-order valence-electron chi connectivity index (χ0n) is 9.91. The van der Waals surface area contributed by atoms with Crippen molar-refractivity contribution < 1.29 is 4.92 Å². The smallest absolute Gasteiger partial charge is 0.269 e. The second-order valence-electron chi connectivity index (χ2n) is 3.79. The van der Waals surface area contributed by atoms with Gasteiger partial charge in [-0.1, -0.05) is 12.1 Å². The number of nitrogens with zero attached hydrogens (tertiary/aromatic N) is 3. The Balaban J connectivity index is 2.13. The van der Waals surface area contributed by atoms with Crippen LogP contribution in [0.4, 0.5) is 11.4 Å². The molecule has 0 aliphatic heterocycles. The van der Waals surface area contributed by atoms with Crippen molar-refractivity contribution in [1.29, 1.82) is 5.26 Å². The fraction of sp³-hybridized carbons (Fsp3) is 0.0769. The fourth-order valence-corrected chi connectivity index (χ4v) is 1.61. The Morgan fingerprint density at radius 2 is 2.21 bits per heavy atom. The summed E-state index contributed by atoms with van der Waals surface area (Å²) in [4.78, 5) is 14.1. The van der Waals surface area contributed by atoms with E-state index in [9.17, 15) is 10.1 Å². The zero-order valence-corrected chi connectivity index (χ0v) is 9.91. The lowest BCUT2D eigenvalue weighted by molar-refractivity contribution is -0.384. The molecular weight excluding hydrogens is 244 g/mol. The summed E-state index contributed by atoms with van der Waals surface area (Å²) in [6.07, 6.45) is 1.54. The average molecular weight is 254 g/mol. The highest BCUT2D eigenvalue weighted by Gasteiger charge is 2.06. The van der Waals surface area contributed by atoms with Crippen molar-refractivity contribution in [1.82, 2.24) is 4.98 Å². The number of nitro benzene ring substituents is 1. The minimum absolute atomic E-state index is 0.0472. The van der Waals surface area contributed by atoms with Crippen LogP contribution in [0.25, 0.3) is 0 Å². The molecule has 0 saturated carbocycles. The lowest BCUT2D eigenvalue weighted by atomic mass is 10.2. The van der Waals surface area contributed by atoms with Gasteiger partial charge in [0.05, 0.1) is 10.6 Å². The van der Waals surface area contributed by atoms with Crippen molar-refractivity contribution in [2.24, 2.45) is 0 Å². The summed E-state index contributed by atoms with van der Waals surface area (Å²) in [5.41, 5.74) is 1.72. The Morgan fingerprint density at radius 1 is 1.37 bits per heavy atom. The van der Waals surface area contributed by atoms with Crippen molar-refractivity contribution in [2.75, 3.05) is 5.32 Å². The second-order valence-corrected chi connectivity index (χ2v) is 3.79. The molecule has 0 bridgehead atoms. The standard InChI is InChI=1S/C13H10N4O2/c14-8-13-12(5-2-6-15-13)16-9-10-3-1-4-11(7-10)17(18)19/h1-7,16H,9H2. The molecule has 2 aromatic rings. The Morgan fingerprint density at radius 3 is 2.95 bits per heavy atom. The van der Waals surface area contributed by atoms with Crippen molar-refractivity contribution in [2.45, 2.75) is 6.54 Å². The maximum absolute atomic E-state index is 10.7. The molecule has 0 fully saturated rings. The Labute approximate surface area is 109 Å². The SMILES string of the molecule is N#Cc1ncccc1NCc1cccc([N+](=O)[O-])c1. The third kappa shape index (κ3) is 3.04. The van der Waals surface area contributed by atoms with Gasteiger partial charge in [-0.3, -0.25) is 10.1 Å². The zero-order chi connectivity index (χ0) is 13.7. The second kappa shape index (κ2) is 5.60. The van der Waals surface area contributed by atoms with E-state index < -0.39 is 4.92 Å². The van der Waals surface area contributed by atoms with E-state index in [1.54, 1.807) is 24.3 Å². The third-order valence-corrected chi connectivity index (χ3v) is 2.52. The van der Waals surface area contributed by atoms with Gasteiger partial charge < -0.3 is 5.32 Å². The molecule has 0 radical (unpaired) electrons. The number of hydrogen-bond donors (Lipinski definition) is 1. The van der Waals surface area contributed by atoms with Gasteiger partial charge in [0.25, 0.3) is 5.69 Å². The molecule has 0 aliphatic carbocycles. The van der Waals surface area contributed by atoms with E-state index in [-0.39, 0.29) is 5.69 Å². The Hall–Kier alpha value is -2.94. The van der Waals surface area contributed by atoms with E-state index in [1.807, 2.05) is 6.07 Å². The number of nitrogens with one attached hydrogen (secondary N) is 1. The van der Waals surface area contributed by atoms with Crippen LogP contribution in [0, 0.1) is 21.4 Å². The molecule has 0 atom stereocenters. The van der Waals surface area contributed by atoms with Crippen LogP contribution in [0.3, 0.4) is 0 Å². The number of aromatic nitrogens is 1. The lowest BCUT2D eigenvalue weighted by Gasteiger charge is -2.07.